The van der Waals surface area contributed by atoms with Crippen LogP contribution in [0.5, 0.6) is 0 Å². The van der Waals surface area contributed by atoms with Crippen LogP contribution in [0.1, 0.15) is 18.9 Å². The van der Waals surface area contributed by atoms with E-state index in [1.54, 1.807) is 35.4 Å². The lowest BCUT2D eigenvalue weighted by Gasteiger charge is -2.11. The number of halogens is 1. The molecule has 1 aliphatic carbocycles. The molecule has 24 heavy (non-hydrogen) atoms. The van der Waals surface area contributed by atoms with Gasteiger partial charge < -0.3 is 14.8 Å². The van der Waals surface area contributed by atoms with E-state index in [2.05, 4.69) is 14.5 Å². The van der Waals surface area contributed by atoms with Gasteiger partial charge in [-0.05, 0) is 18.9 Å². The van der Waals surface area contributed by atoms with E-state index in [0.717, 1.165) is 12.8 Å². The van der Waals surface area contributed by atoms with Crippen molar-refractivity contribution in [3.05, 3.63) is 52.3 Å². The molecule has 0 atom stereocenters. The molecule has 0 spiro atoms. The Morgan fingerprint density at radius 2 is 2.00 bits per heavy atom. The minimum absolute atomic E-state index is 0.0523. The Labute approximate surface area is 140 Å². The zero-order valence-electron chi connectivity index (χ0n) is 12.3. The fourth-order valence-electron chi connectivity index (χ4n) is 2.37. The molecule has 1 aliphatic rings. The molecule has 0 aromatic carbocycles. The molecule has 0 unspecified atom stereocenters. The monoisotopic (exact) mass is 348 g/mol. The summed E-state index contributed by atoms with van der Waals surface area (Å²) < 4.78 is 3.81. The molecule has 4 rings (SSSR count). The van der Waals surface area contributed by atoms with E-state index in [1.165, 1.54) is 0 Å². The summed E-state index contributed by atoms with van der Waals surface area (Å²) in [6.07, 6.45) is 7.33. The summed E-state index contributed by atoms with van der Waals surface area (Å²) in [4.78, 5) is 29.1. The van der Waals surface area contributed by atoms with Gasteiger partial charge in [-0.25, -0.2) is 14.8 Å². The van der Waals surface area contributed by atoms with Crippen molar-refractivity contribution in [1.29, 1.82) is 0 Å². The quantitative estimate of drug-likeness (QED) is 0.736. The third kappa shape index (κ3) is 3.23. The second-order valence-electron chi connectivity index (χ2n) is 5.24. The minimum Gasteiger partial charge on any atom is -0.450 e. The van der Waals surface area contributed by atoms with Crippen molar-refractivity contribution in [2.45, 2.75) is 18.9 Å². The average Bonchev–Trinajstić information content (AvgIpc) is 3.21. The fourth-order valence-corrected chi connectivity index (χ4v) is 2.62. The first kappa shape index (κ1) is 16.0. The highest BCUT2D eigenvalue weighted by Gasteiger charge is 2.25. The zero-order chi connectivity index (χ0) is 17.3. The predicted molar refractivity (Wildman–Crippen MR) is 87.1 cm³/mol. The molecule has 9 heteroatoms. The van der Waals surface area contributed by atoms with Crippen LogP contribution in [-0.4, -0.2) is 35.5 Å². The summed E-state index contributed by atoms with van der Waals surface area (Å²) in [5.41, 5.74) is 0.636. The molecule has 0 aliphatic heterocycles. The lowest BCUT2D eigenvalue weighted by atomic mass is 10.2. The van der Waals surface area contributed by atoms with Gasteiger partial charge in [-0.2, -0.15) is 0 Å². The number of nitrogens with zero attached hydrogens (tertiary/aromatic N) is 4. The SMILES string of the molecule is O=C(O)O.O=c1ccn(C2CC2)c2nc(-n3ccnc3)c(Cl)cc12. The average molecular weight is 349 g/mol. The first-order valence-electron chi connectivity index (χ1n) is 7.09. The molecule has 8 nitrogen and oxygen atoms in total. The maximum absolute atomic E-state index is 12.0. The van der Waals surface area contributed by atoms with Gasteiger partial charge in [0.25, 0.3) is 0 Å². The number of hydrogen-bond acceptors (Lipinski definition) is 4. The standard InChI is InChI=1S/C14H11ClN4O.CH2O3/c15-11-7-10-12(20)3-5-19(9-1-2-9)13(10)17-14(11)18-6-4-16-8-18;2-1(3)4/h3-9H,1-2H2;(H2,2,3,4). The highest BCUT2D eigenvalue weighted by Crippen LogP contribution is 2.36. The maximum Gasteiger partial charge on any atom is 0.503 e. The van der Waals surface area contributed by atoms with Crippen molar-refractivity contribution in [3.63, 3.8) is 0 Å². The Morgan fingerprint density at radius 3 is 2.58 bits per heavy atom. The van der Waals surface area contributed by atoms with Crippen LogP contribution in [0, 0.1) is 0 Å². The van der Waals surface area contributed by atoms with E-state index < -0.39 is 6.16 Å². The van der Waals surface area contributed by atoms with Crippen LogP contribution >= 0.6 is 11.6 Å². The Balaban J connectivity index is 0.000000383. The summed E-state index contributed by atoms with van der Waals surface area (Å²) in [6.45, 7) is 0. The van der Waals surface area contributed by atoms with Gasteiger partial charge in [0.05, 0.1) is 10.4 Å². The highest BCUT2D eigenvalue weighted by molar-refractivity contribution is 6.32. The van der Waals surface area contributed by atoms with E-state index in [4.69, 9.17) is 26.6 Å². The van der Waals surface area contributed by atoms with E-state index in [-0.39, 0.29) is 5.43 Å². The molecule has 0 radical (unpaired) electrons. The van der Waals surface area contributed by atoms with Gasteiger partial charge in [-0.3, -0.25) is 9.36 Å². The molecule has 3 heterocycles. The van der Waals surface area contributed by atoms with Crippen molar-refractivity contribution >= 4 is 28.8 Å². The molecule has 3 aromatic heterocycles. The molecule has 0 amide bonds. The molecular formula is C15H13ClN4O4. The number of imidazole rings is 1. The van der Waals surface area contributed by atoms with E-state index in [0.29, 0.717) is 27.9 Å². The summed E-state index contributed by atoms with van der Waals surface area (Å²) >= 11 is 6.25. The van der Waals surface area contributed by atoms with E-state index in [9.17, 15) is 4.79 Å². The molecule has 0 bridgehead atoms. The molecule has 124 valence electrons. The van der Waals surface area contributed by atoms with Gasteiger partial charge in [0.15, 0.2) is 11.2 Å². The van der Waals surface area contributed by atoms with E-state index >= 15 is 0 Å². The van der Waals surface area contributed by atoms with E-state index in [1.807, 2.05) is 6.20 Å². The van der Waals surface area contributed by atoms with Crippen LogP contribution in [0.4, 0.5) is 4.79 Å². The molecular weight excluding hydrogens is 336 g/mol. The Hall–Kier alpha value is -2.87. The second-order valence-corrected chi connectivity index (χ2v) is 5.64. The lowest BCUT2D eigenvalue weighted by Crippen LogP contribution is -2.10. The number of fused-ring (bicyclic) bond motifs is 1. The molecule has 3 aromatic rings. The van der Waals surface area contributed by atoms with Crippen molar-refractivity contribution in [2.24, 2.45) is 0 Å². The number of aromatic nitrogens is 4. The number of rotatable bonds is 2. The van der Waals surface area contributed by atoms with Crippen molar-refractivity contribution in [2.75, 3.05) is 0 Å². The van der Waals surface area contributed by atoms with Crippen LogP contribution in [-0.2, 0) is 0 Å². The Morgan fingerprint density at radius 1 is 1.29 bits per heavy atom. The van der Waals surface area contributed by atoms with Crippen molar-refractivity contribution in [1.82, 2.24) is 19.1 Å². The maximum atomic E-state index is 12.0. The fraction of sp³-hybridized carbons (Fsp3) is 0.200. The number of carboxylic acid groups (broad SMARTS) is 2. The summed E-state index contributed by atoms with van der Waals surface area (Å²) in [7, 11) is 0. The largest absolute Gasteiger partial charge is 0.503 e. The van der Waals surface area contributed by atoms with Crippen molar-refractivity contribution < 1.29 is 15.0 Å². The summed E-state index contributed by atoms with van der Waals surface area (Å²) in [5, 5.41) is 15.0. The van der Waals surface area contributed by atoms with Crippen LogP contribution < -0.4 is 5.43 Å². The highest BCUT2D eigenvalue weighted by atomic mass is 35.5. The predicted octanol–water partition coefficient (Wildman–Crippen LogP) is 2.79. The van der Waals surface area contributed by atoms with Crippen molar-refractivity contribution in [3.8, 4) is 5.82 Å². The summed E-state index contributed by atoms with van der Waals surface area (Å²) in [6, 6.07) is 3.72. The molecule has 1 saturated carbocycles. The zero-order valence-corrected chi connectivity index (χ0v) is 13.1. The van der Waals surface area contributed by atoms with Gasteiger partial charge >= 0.3 is 6.16 Å². The van der Waals surface area contributed by atoms with Crippen LogP contribution in [0.15, 0.2) is 41.8 Å². The van der Waals surface area contributed by atoms with Gasteiger partial charge in [-0.15, -0.1) is 0 Å². The first-order valence-corrected chi connectivity index (χ1v) is 7.47. The van der Waals surface area contributed by atoms with Gasteiger partial charge in [0.2, 0.25) is 0 Å². The number of carbonyl (C=O) groups is 1. The Bertz CT molecular complexity index is 944. The molecule has 0 saturated heterocycles. The van der Waals surface area contributed by atoms with Gasteiger partial charge in [-0.1, -0.05) is 11.6 Å². The first-order chi connectivity index (χ1) is 11.5. The molecule has 2 N–H and O–H groups in total. The smallest absolute Gasteiger partial charge is 0.450 e. The number of hydrogen-bond donors (Lipinski definition) is 2. The molecule has 1 fully saturated rings. The van der Waals surface area contributed by atoms with Gasteiger partial charge in [0, 0.05) is 30.7 Å². The van der Waals surface area contributed by atoms with Gasteiger partial charge in [0.1, 0.15) is 12.0 Å². The summed E-state index contributed by atoms with van der Waals surface area (Å²) in [5.74, 6) is 0.594. The lowest BCUT2D eigenvalue weighted by molar-refractivity contribution is 0.137. The van der Waals surface area contributed by atoms with Crippen LogP contribution in [0.3, 0.4) is 0 Å². The second kappa shape index (κ2) is 6.32. The number of pyridine rings is 2. The minimum atomic E-state index is -1.83. The third-order valence-corrected chi connectivity index (χ3v) is 3.80. The third-order valence-electron chi connectivity index (χ3n) is 3.52. The van der Waals surface area contributed by atoms with Crippen LogP contribution in [0.2, 0.25) is 5.02 Å². The Kier molecular flexibility index (Phi) is 4.22. The normalized spacial score (nSPS) is 13.4. The topological polar surface area (TPSA) is 110 Å². The van der Waals surface area contributed by atoms with Crippen LogP contribution in [0.25, 0.3) is 16.9 Å².